The van der Waals surface area contributed by atoms with Crippen LogP contribution in [-0.2, 0) is 10.0 Å². The van der Waals surface area contributed by atoms with Gasteiger partial charge >= 0.3 is 5.97 Å². The van der Waals surface area contributed by atoms with Gasteiger partial charge in [-0.2, -0.15) is 0 Å². The quantitative estimate of drug-likeness (QED) is 0.688. The number of aromatic nitrogens is 1. The molecule has 2 aromatic rings. The van der Waals surface area contributed by atoms with E-state index >= 15 is 0 Å². The van der Waals surface area contributed by atoms with Crippen LogP contribution in [0.1, 0.15) is 23.7 Å². The molecule has 0 saturated carbocycles. The van der Waals surface area contributed by atoms with Crippen LogP contribution < -0.4 is 9.88 Å². The van der Waals surface area contributed by atoms with Crippen LogP contribution in [0, 0.1) is 0 Å². The Hall–Kier alpha value is -2.84. The molecule has 0 aliphatic rings. The van der Waals surface area contributed by atoms with Crippen molar-refractivity contribution in [3.8, 4) is 11.4 Å². The molecule has 3 N–H and O–H groups in total. The zero-order valence-electron chi connectivity index (χ0n) is 14.2. The Kier molecular flexibility index (Phi) is 6.37. The van der Waals surface area contributed by atoms with Crippen molar-refractivity contribution in [3.63, 3.8) is 0 Å². The van der Waals surface area contributed by atoms with Crippen molar-refractivity contribution in [1.82, 2.24) is 4.57 Å². The minimum atomic E-state index is -4.19. The fourth-order valence-electron chi connectivity index (χ4n) is 2.23. The second kappa shape index (κ2) is 8.50. The van der Waals surface area contributed by atoms with E-state index < -0.39 is 16.0 Å². The van der Waals surface area contributed by atoms with Gasteiger partial charge in [-0.1, -0.05) is 25.2 Å². The molecular formula is C18H20N2O5S. The number of rotatable bonds is 8. The van der Waals surface area contributed by atoms with Crippen LogP contribution >= 0.6 is 0 Å². The number of hydrogen-bond acceptors (Lipinski definition) is 4. The van der Waals surface area contributed by atoms with Crippen LogP contribution in [0.15, 0.2) is 65.9 Å². The third-order valence-corrected chi connectivity index (χ3v) is 4.33. The minimum absolute atomic E-state index is 0.00202. The fourth-order valence-corrected chi connectivity index (χ4v) is 2.95. The Morgan fingerprint density at radius 2 is 1.88 bits per heavy atom. The molecular weight excluding hydrogens is 356 g/mol. The average Bonchev–Trinajstić information content (AvgIpc) is 3.11. The lowest BCUT2D eigenvalue weighted by Crippen LogP contribution is -2.17. The molecule has 0 aliphatic heterocycles. The molecule has 1 aromatic carbocycles. The van der Waals surface area contributed by atoms with Crippen LogP contribution in [0.3, 0.4) is 0 Å². The number of benzene rings is 1. The number of ether oxygens (including phenoxy) is 1. The molecule has 1 heterocycles. The molecule has 0 saturated heterocycles. The summed E-state index contributed by atoms with van der Waals surface area (Å²) in [5.74, 6) is -1.27. The first kappa shape index (κ1) is 19.5. The summed E-state index contributed by atoms with van der Waals surface area (Å²) in [6.45, 7) is 2.10. The zero-order valence-corrected chi connectivity index (χ0v) is 15.0. The number of allylic oxidation sites excluding steroid dienone is 3. The van der Waals surface area contributed by atoms with E-state index in [4.69, 9.17) is 9.88 Å². The highest BCUT2D eigenvalue weighted by molar-refractivity contribution is 7.89. The van der Waals surface area contributed by atoms with Gasteiger partial charge in [-0.3, -0.25) is 0 Å². The second-order valence-corrected chi connectivity index (χ2v) is 6.87. The zero-order chi connectivity index (χ0) is 19.2. The van der Waals surface area contributed by atoms with Gasteiger partial charge in [0.15, 0.2) is 5.75 Å². The Morgan fingerprint density at radius 1 is 1.23 bits per heavy atom. The fraction of sp³-hybridized carbons (Fsp3) is 0.167. The molecule has 0 amide bonds. The van der Waals surface area contributed by atoms with Crippen molar-refractivity contribution in [3.05, 3.63) is 66.5 Å². The molecule has 0 unspecified atom stereocenters. The number of carboxylic acids is 1. The molecule has 2 rings (SSSR count). The third-order valence-electron chi connectivity index (χ3n) is 3.41. The maximum Gasteiger partial charge on any atom is 0.335 e. The molecule has 0 aliphatic carbocycles. The first-order chi connectivity index (χ1) is 12.3. The van der Waals surface area contributed by atoms with Crippen LogP contribution in [0.25, 0.3) is 5.69 Å². The standard InChI is InChI=1S/C18H20N2O5S/c1-2-3-4-5-8-11-25-17-15(20-9-6-7-10-20)12-14(18(21)22)13-16(17)26(19,23)24/h3-10,12-13H,2,11H2,1H3,(H,21,22)(H2,19,23,24)/b4-3-,8-5-. The van der Waals surface area contributed by atoms with Crippen molar-refractivity contribution >= 4 is 16.0 Å². The van der Waals surface area contributed by atoms with Gasteiger partial charge in [0.25, 0.3) is 0 Å². The summed E-state index contributed by atoms with van der Waals surface area (Å²) >= 11 is 0. The van der Waals surface area contributed by atoms with Gasteiger partial charge < -0.3 is 14.4 Å². The number of primary sulfonamides is 1. The van der Waals surface area contributed by atoms with Crippen molar-refractivity contribution in [2.24, 2.45) is 5.14 Å². The molecule has 0 fully saturated rings. The van der Waals surface area contributed by atoms with Crippen LogP contribution in [0.5, 0.6) is 5.75 Å². The van der Waals surface area contributed by atoms with Gasteiger partial charge in [0.05, 0.1) is 11.3 Å². The lowest BCUT2D eigenvalue weighted by Gasteiger charge is -2.16. The largest absolute Gasteiger partial charge is 0.486 e. The van der Waals surface area contributed by atoms with Crippen molar-refractivity contribution in [2.45, 2.75) is 18.2 Å². The van der Waals surface area contributed by atoms with E-state index in [1.165, 1.54) is 6.07 Å². The Balaban J connectivity index is 2.53. The first-order valence-corrected chi connectivity index (χ1v) is 9.41. The average molecular weight is 376 g/mol. The molecule has 138 valence electrons. The van der Waals surface area contributed by atoms with Crippen LogP contribution in [-0.4, -0.2) is 30.7 Å². The molecule has 0 atom stereocenters. The highest BCUT2D eigenvalue weighted by atomic mass is 32.2. The van der Waals surface area contributed by atoms with Crippen LogP contribution in [0.2, 0.25) is 0 Å². The van der Waals surface area contributed by atoms with E-state index in [1.54, 1.807) is 41.2 Å². The Morgan fingerprint density at radius 3 is 2.46 bits per heavy atom. The summed E-state index contributed by atoms with van der Waals surface area (Å²) in [7, 11) is -4.19. The molecule has 7 nitrogen and oxygen atoms in total. The van der Waals surface area contributed by atoms with E-state index in [0.717, 1.165) is 12.5 Å². The highest BCUT2D eigenvalue weighted by Crippen LogP contribution is 2.32. The number of sulfonamides is 1. The van der Waals surface area contributed by atoms with E-state index in [2.05, 4.69) is 0 Å². The first-order valence-electron chi connectivity index (χ1n) is 7.86. The molecule has 0 spiro atoms. The Bertz CT molecular complexity index is 929. The number of aromatic carboxylic acids is 1. The van der Waals surface area contributed by atoms with Crippen molar-refractivity contribution in [1.29, 1.82) is 0 Å². The summed E-state index contributed by atoms with van der Waals surface area (Å²) in [5, 5.41) is 14.6. The smallest absolute Gasteiger partial charge is 0.335 e. The monoisotopic (exact) mass is 376 g/mol. The van der Waals surface area contributed by atoms with Crippen LogP contribution in [0.4, 0.5) is 0 Å². The number of nitrogens with two attached hydrogens (primary N) is 1. The second-order valence-electron chi connectivity index (χ2n) is 5.34. The van der Waals surface area contributed by atoms with Gasteiger partial charge in [-0.05, 0) is 36.8 Å². The van der Waals surface area contributed by atoms with Crippen molar-refractivity contribution < 1.29 is 23.1 Å². The third kappa shape index (κ3) is 4.84. The van der Waals surface area contributed by atoms with Gasteiger partial charge in [-0.15, -0.1) is 0 Å². The maximum atomic E-state index is 12.0. The minimum Gasteiger partial charge on any atom is -0.486 e. The summed E-state index contributed by atoms with van der Waals surface area (Å²) in [5.41, 5.74) is 0.0721. The predicted molar refractivity (Wildman–Crippen MR) is 98.2 cm³/mol. The predicted octanol–water partition coefficient (Wildman–Crippen LogP) is 2.72. The van der Waals surface area contributed by atoms with Gasteiger partial charge in [-0.25, -0.2) is 18.4 Å². The van der Waals surface area contributed by atoms with Gasteiger partial charge in [0, 0.05) is 12.4 Å². The maximum absolute atomic E-state index is 12.0. The lowest BCUT2D eigenvalue weighted by atomic mass is 10.2. The summed E-state index contributed by atoms with van der Waals surface area (Å²) in [6, 6.07) is 5.79. The lowest BCUT2D eigenvalue weighted by molar-refractivity contribution is 0.0696. The Labute approximate surface area is 152 Å². The van der Waals surface area contributed by atoms with Gasteiger partial charge in [0.1, 0.15) is 11.5 Å². The number of nitrogens with zero attached hydrogens (tertiary/aromatic N) is 1. The summed E-state index contributed by atoms with van der Waals surface area (Å²) in [6.07, 6.45) is 11.5. The topological polar surface area (TPSA) is 112 Å². The van der Waals surface area contributed by atoms with Gasteiger partial charge in [0.2, 0.25) is 10.0 Å². The molecule has 0 radical (unpaired) electrons. The van der Waals surface area contributed by atoms with E-state index in [-0.39, 0.29) is 28.5 Å². The normalized spacial score (nSPS) is 12.1. The van der Waals surface area contributed by atoms with E-state index in [1.807, 2.05) is 19.1 Å². The number of carbonyl (C=O) groups is 1. The van der Waals surface area contributed by atoms with E-state index in [9.17, 15) is 18.3 Å². The SMILES string of the molecule is CC/C=C\C=C/COc1c(-n2cccc2)cc(C(=O)O)cc1S(N)(=O)=O. The molecule has 26 heavy (non-hydrogen) atoms. The molecule has 1 aromatic heterocycles. The number of carboxylic acid groups (broad SMARTS) is 1. The summed E-state index contributed by atoms with van der Waals surface area (Å²) in [4.78, 5) is 11.0. The van der Waals surface area contributed by atoms with E-state index in [0.29, 0.717) is 0 Å². The highest BCUT2D eigenvalue weighted by Gasteiger charge is 2.23. The summed E-state index contributed by atoms with van der Waals surface area (Å²) < 4.78 is 31.2. The molecule has 0 bridgehead atoms. The van der Waals surface area contributed by atoms with Crippen molar-refractivity contribution in [2.75, 3.05) is 6.61 Å². The number of hydrogen-bond donors (Lipinski definition) is 2. The molecule has 8 heteroatoms.